The molecule has 2 aromatic rings. The summed E-state index contributed by atoms with van der Waals surface area (Å²) < 4.78 is 6.72. The second kappa shape index (κ2) is 5.77. The van der Waals surface area contributed by atoms with Crippen LogP contribution in [0.3, 0.4) is 0 Å². The Bertz CT molecular complexity index is 607. The van der Waals surface area contributed by atoms with Crippen LogP contribution in [0.15, 0.2) is 18.6 Å². The normalized spacial score (nSPS) is 17.6. The highest BCUT2D eigenvalue weighted by Gasteiger charge is 2.33. The molecule has 1 aliphatic rings. The molecule has 1 fully saturated rings. The molecule has 0 spiro atoms. The zero-order valence-electron chi connectivity index (χ0n) is 12.1. The van der Waals surface area contributed by atoms with Crippen molar-refractivity contribution in [3.63, 3.8) is 0 Å². The predicted molar refractivity (Wildman–Crippen MR) is 74.7 cm³/mol. The van der Waals surface area contributed by atoms with Crippen LogP contribution in [0.25, 0.3) is 0 Å². The van der Waals surface area contributed by atoms with Crippen LogP contribution in [-0.4, -0.2) is 37.2 Å². The summed E-state index contributed by atoms with van der Waals surface area (Å²) in [5.74, 6) is 0.471. The minimum Gasteiger partial charge on any atom is -0.480 e. The third kappa shape index (κ3) is 3.02. The van der Waals surface area contributed by atoms with Gasteiger partial charge in [-0.1, -0.05) is 24.5 Å². The zero-order chi connectivity index (χ0) is 14.7. The second-order valence-electron chi connectivity index (χ2n) is 5.45. The van der Waals surface area contributed by atoms with Gasteiger partial charge in [-0.25, -0.2) is 9.67 Å². The summed E-state index contributed by atoms with van der Waals surface area (Å²) >= 11 is 0. The van der Waals surface area contributed by atoms with Crippen molar-refractivity contribution in [3.05, 3.63) is 30.0 Å². The van der Waals surface area contributed by atoms with E-state index in [0.717, 1.165) is 31.4 Å². The number of methoxy groups -OCH3 is 1. The van der Waals surface area contributed by atoms with E-state index in [0.29, 0.717) is 18.1 Å². The summed E-state index contributed by atoms with van der Waals surface area (Å²) in [7, 11) is 1.56. The van der Waals surface area contributed by atoms with E-state index in [1.165, 1.54) is 6.42 Å². The van der Waals surface area contributed by atoms with Gasteiger partial charge in [0.15, 0.2) is 0 Å². The van der Waals surface area contributed by atoms with E-state index in [1.807, 2.05) is 0 Å². The Balaban J connectivity index is 1.75. The van der Waals surface area contributed by atoms with E-state index in [1.54, 1.807) is 30.4 Å². The molecule has 7 heteroatoms. The molecular weight excluding hydrogens is 270 g/mol. The zero-order valence-corrected chi connectivity index (χ0v) is 12.1. The van der Waals surface area contributed by atoms with Crippen LogP contribution in [0.4, 0.5) is 0 Å². The lowest BCUT2D eigenvalue weighted by atomic mass is 9.83. The van der Waals surface area contributed by atoms with Crippen LogP contribution in [0.2, 0.25) is 0 Å². The molecule has 0 bridgehead atoms. The molecule has 7 nitrogen and oxygen atoms in total. The Morgan fingerprint density at radius 2 is 2.10 bits per heavy atom. The van der Waals surface area contributed by atoms with Gasteiger partial charge < -0.3 is 9.84 Å². The van der Waals surface area contributed by atoms with Crippen LogP contribution in [-0.2, 0) is 12.1 Å². The van der Waals surface area contributed by atoms with Gasteiger partial charge in [0.25, 0.3) is 0 Å². The molecule has 0 aliphatic heterocycles. The Morgan fingerprint density at radius 3 is 2.86 bits per heavy atom. The Kier molecular flexibility index (Phi) is 3.83. The van der Waals surface area contributed by atoms with Gasteiger partial charge >= 0.3 is 0 Å². The lowest BCUT2D eigenvalue weighted by molar-refractivity contribution is -0.00474. The number of rotatable bonds is 4. The number of nitrogens with zero attached hydrogens (tertiary/aromatic N) is 5. The topological polar surface area (TPSA) is 86.0 Å². The molecule has 2 aromatic heterocycles. The molecular formula is C14H19N5O2. The first kappa shape index (κ1) is 13.9. The molecule has 1 aliphatic carbocycles. The maximum Gasteiger partial charge on any atom is 0.232 e. The summed E-state index contributed by atoms with van der Waals surface area (Å²) in [5, 5.41) is 18.9. The molecule has 0 amide bonds. The van der Waals surface area contributed by atoms with Crippen molar-refractivity contribution < 1.29 is 9.84 Å². The maximum atomic E-state index is 10.6. The van der Waals surface area contributed by atoms with Crippen LogP contribution in [0.1, 0.15) is 43.5 Å². The van der Waals surface area contributed by atoms with E-state index in [9.17, 15) is 5.11 Å². The fourth-order valence-electron chi connectivity index (χ4n) is 2.71. The van der Waals surface area contributed by atoms with Gasteiger partial charge in [-0.15, -0.1) is 5.10 Å². The third-order valence-corrected chi connectivity index (χ3v) is 3.89. The van der Waals surface area contributed by atoms with E-state index in [4.69, 9.17) is 4.74 Å². The number of ether oxygens (including phenoxy) is 1. The first-order valence-electron chi connectivity index (χ1n) is 7.17. The fraction of sp³-hybridized carbons (Fsp3) is 0.571. The van der Waals surface area contributed by atoms with E-state index >= 15 is 0 Å². The van der Waals surface area contributed by atoms with Crippen LogP contribution in [0.5, 0.6) is 5.88 Å². The van der Waals surface area contributed by atoms with Crippen molar-refractivity contribution in [2.45, 2.75) is 44.2 Å². The molecule has 0 unspecified atom stereocenters. The van der Waals surface area contributed by atoms with E-state index in [2.05, 4.69) is 20.3 Å². The van der Waals surface area contributed by atoms with E-state index in [-0.39, 0.29) is 0 Å². The molecule has 1 N–H and O–H groups in total. The number of hydrogen-bond acceptors (Lipinski definition) is 6. The van der Waals surface area contributed by atoms with Gasteiger partial charge in [0.2, 0.25) is 5.88 Å². The van der Waals surface area contributed by atoms with Crippen molar-refractivity contribution in [2.24, 2.45) is 0 Å². The molecule has 0 saturated heterocycles. The highest BCUT2D eigenvalue weighted by Crippen LogP contribution is 2.35. The van der Waals surface area contributed by atoms with Gasteiger partial charge in [0.05, 0.1) is 37.9 Å². The van der Waals surface area contributed by atoms with Crippen LogP contribution in [0, 0.1) is 0 Å². The van der Waals surface area contributed by atoms with Gasteiger partial charge in [-0.3, -0.25) is 4.98 Å². The van der Waals surface area contributed by atoms with Crippen LogP contribution >= 0.6 is 0 Å². The minimum atomic E-state index is -0.823. The second-order valence-corrected chi connectivity index (χ2v) is 5.45. The largest absolute Gasteiger partial charge is 0.480 e. The van der Waals surface area contributed by atoms with Crippen molar-refractivity contribution >= 4 is 0 Å². The van der Waals surface area contributed by atoms with Crippen molar-refractivity contribution in [1.29, 1.82) is 0 Å². The fourth-order valence-corrected chi connectivity index (χ4v) is 2.71. The Hall–Kier alpha value is -2.02. The quantitative estimate of drug-likeness (QED) is 0.912. The highest BCUT2D eigenvalue weighted by molar-refractivity contribution is 5.11. The summed E-state index contributed by atoms with van der Waals surface area (Å²) in [6, 6.07) is 0. The molecule has 1 saturated carbocycles. The summed E-state index contributed by atoms with van der Waals surface area (Å²) in [6.07, 6.45) is 9.77. The molecule has 2 heterocycles. The van der Waals surface area contributed by atoms with Gasteiger partial charge in [0.1, 0.15) is 11.3 Å². The van der Waals surface area contributed by atoms with Gasteiger partial charge in [-0.2, -0.15) is 0 Å². The summed E-state index contributed by atoms with van der Waals surface area (Å²) in [4.78, 5) is 8.35. The predicted octanol–water partition coefficient (Wildman–Crippen LogP) is 1.28. The lowest BCUT2D eigenvalue weighted by Crippen LogP contribution is -2.28. The SMILES string of the molecule is COc1cncc(Cn2cc(C3(O)CCCCC3)nn2)n1. The standard InChI is InChI=1S/C14H19N5O2/c1-21-13-8-15-7-11(16-13)9-19-10-12(17-18-19)14(20)5-3-2-4-6-14/h7-8,10,20H,2-6,9H2,1H3. The number of aromatic nitrogens is 5. The van der Waals surface area contributed by atoms with E-state index < -0.39 is 5.60 Å². The third-order valence-electron chi connectivity index (χ3n) is 3.89. The van der Waals surface area contributed by atoms with Crippen molar-refractivity contribution in [2.75, 3.05) is 7.11 Å². The average molecular weight is 289 g/mol. The molecule has 0 radical (unpaired) electrons. The maximum absolute atomic E-state index is 10.6. The Morgan fingerprint density at radius 1 is 1.29 bits per heavy atom. The van der Waals surface area contributed by atoms with Crippen LogP contribution < -0.4 is 4.74 Å². The molecule has 21 heavy (non-hydrogen) atoms. The minimum absolute atomic E-state index is 0.452. The first-order chi connectivity index (χ1) is 10.2. The summed E-state index contributed by atoms with van der Waals surface area (Å²) in [6.45, 7) is 0.452. The average Bonchev–Trinajstić information content (AvgIpc) is 2.97. The number of hydrogen-bond donors (Lipinski definition) is 1. The Labute approximate surface area is 123 Å². The van der Waals surface area contributed by atoms with Crippen molar-refractivity contribution in [3.8, 4) is 5.88 Å². The van der Waals surface area contributed by atoms with Gasteiger partial charge in [-0.05, 0) is 12.8 Å². The highest BCUT2D eigenvalue weighted by atomic mass is 16.5. The van der Waals surface area contributed by atoms with Gasteiger partial charge in [0, 0.05) is 0 Å². The molecule has 0 atom stereocenters. The van der Waals surface area contributed by atoms with Crippen molar-refractivity contribution in [1.82, 2.24) is 25.0 Å². The summed E-state index contributed by atoms with van der Waals surface area (Å²) in [5.41, 5.74) is 0.566. The molecule has 3 rings (SSSR count). The molecule has 112 valence electrons. The first-order valence-corrected chi connectivity index (χ1v) is 7.17. The number of aliphatic hydroxyl groups is 1. The molecule has 0 aromatic carbocycles. The smallest absolute Gasteiger partial charge is 0.232 e. The monoisotopic (exact) mass is 289 g/mol. The lowest BCUT2D eigenvalue weighted by Gasteiger charge is -2.29.